The van der Waals surface area contributed by atoms with Crippen molar-refractivity contribution in [2.24, 2.45) is 0 Å². The zero-order chi connectivity index (χ0) is 13.7. The van der Waals surface area contributed by atoms with Crippen LogP contribution in [0.5, 0.6) is 0 Å². The molecule has 0 aliphatic heterocycles. The van der Waals surface area contributed by atoms with Crippen LogP contribution in [-0.4, -0.2) is 22.0 Å². The second kappa shape index (κ2) is 7.12. The molecule has 0 spiro atoms. The van der Waals surface area contributed by atoms with Gasteiger partial charge >= 0.3 is 5.97 Å². The van der Waals surface area contributed by atoms with E-state index < -0.39 is 22.0 Å². The van der Waals surface area contributed by atoms with Crippen LogP contribution in [0.3, 0.4) is 0 Å². The first-order chi connectivity index (χ1) is 8.51. The Morgan fingerprint density at radius 3 is 2.50 bits per heavy atom. The van der Waals surface area contributed by atoms with Crippen molar-refractivity contribution < 1.29 is 13.7 Å². The smallest absolute Gasteiger partial charge is 0.322 e. The summed E-state index contributed by atoms with van der Waals surface area (Å²) >= 11 is 11.7. The third-order valence-electron chi connectivity index (χ3n) is 2.30. The van der Waals surface area contributed by atoms with E-state index in [1.165, 1.54) is 6.07 Å². The predicted octanol–water partition coefficient (Wildman–Crippen LogP) is 3.44. The van der Waals surface area contributed by atoms with E-state index in [9.17, 15) is 9.00 Å². The second-order valence-electron chi connectivity index (χ2n) is 3.52. The van der Waals surface area contributed by atoms with Gasteiger partial charge in [0.1, 0.15) is 5.25 Å². The first-order valence-electron chi connectivity index (χ1n) is 5.53. The fourth-order valence-electron chi connectivity index (χ4n) is 1.41. The van der Waals surface area contributed by atoms with E-state index in [0.717, 1.165) is 0 Å². The van der Waals surface area contributed by atoms with Crippen molar-refractivity contribution in [2.45, 2.75) is 30.4 Å². The predicted molar refractivity (Wildman–Crippen MR) is 73.6 cm³/mol. The van der Waals surface area contributed by atoms with Crippen molar-refractivity contribution in [3.8, 4) is 0 Å². The Labute approximate surface area is 119 Å². The minimum Gasteiger partial charge on any atom is -0.465 e. The van der Waals surface area contributed by atoms with Gasteiger partial charge < -0.3 is 4.74 Å². The third-order valence-corrected chi connectivity index (χ3v) is 4.80. The zero-order valence-electron chi connectivity index (χ0n) is 10.1. The van der Waals surface area contributed by atoms with Gasteiger partial charge in [-0.05, 0) is 31.5 Å². The molecule has 0 saturated carbocycles. The molecular weight excluding hydrogens is 295 g/mol. The monoisotopic (exact) mass is 308 g/mol. The highest BCUT2D eigenvalue weighted by Gasteiger charge is 2.26. The lowest BCUT2D eigenvalue weighted by Crippen LogP contribution is -2.27. The largest absolute Gasteiger partial charge is 0.465 e. The molecule has 0 aliphatic carbocycles. The van der Waals surface area contributed by atoms with Crippen LogP contribution in [-0.2, 0) is 20.3 Å². The molecule has 2 unspecified atom stereocenters. The van der Waals surface area contributed by atoms with Gasteiger partial charge in [-0.2, -0.15) is 0 Å². The normalized spacial score (nSPS) is 14.0. The Kier molecular flexibility index (Phi) is 6.12. The number of carbonyl (C=O) groups excluding carboxylic acids is 1. The minimum absolute atomic E-state index is 0.272. The van der Waals surface area contributed by atoms with Gasteiger partial charge in [-0.15, -0.1) is 0 Å². The summed E-state index contributed by atoms with van der Waals surface area (Å²) in [5.41, 5.74) is 0. The van der Waals surface area contributed by atoms with E-state index in [1.54, 1.807) is 26.0 Å². The van der Waals surface area contributed by atoms with Gasteiger partial charge in [-0.3, -0.25) is 9.00 Å². The standard InChI is InChI=1S/C12H14Cl2O3S/c1-3-11(12(15)17-4-2)18(16)8-5-6-9(13)10(14)7-8/h5-7,11H,3-4H2,1-2H3. The van der Waals surface area contributed by atoms with Gasteiger partial charge in [0.2, 0.25) is 0 Å². The van der Waals surface area contributed by atoms with Crippen LogP contribution in [0, 0.1) is 0 Å². The molecule has 0 fully saturated rings. The minimum atomic E-state index is -1.49. The average molecular weight is 309 g/mol. The number of benzene rings is 1. The van der Waals surface area contributed by atoms with Gasteiger partial charge in [-0.1, -0.05) is 30.1 Å². The Morgan fingerprint density at radius 2 is 2.00 bits per heavy atom. The first-order valence-corrected chi connectivity index (χ1v) is 7.50. The average Bonchev–Trinajstić information content (AvgIpc) is 2.33. The topological polar surface area (TPSA) is 43.4 Å². The molecule has 2 atom stereocenters. The van der Waals surface area contributed by atoms with Crippen LogP contribution in [0.1, 0.15) is 20.3 Å². The SMILES string of the molecule is CCOC(=O)C(CC)S(=O)c1ccc(Cl)c(Cl)c1. The fourth-order valence-corrected chi connectivity index (χ4v) is 3.08. The summed E-state index contributed by atoms with van der Waals surface area (Å²) in [6.07, 6.45) is 0.436. The highest BCUT2D eigenvalue weighted by molar-refractivity contribution is 7.86. The van der Waals surface area contributed by atoms with Crippen LogP contribution in [0.25, 0.3) is 0 Å². The molecule has 100 valence electrons. The summed E-state index contributed by atoms with van der Waals surface area (Å²) < 4.78 is 17.2. The molecule has 6 heteroatoms. The summed E-state index contributed by atoms with van der Waals surface area (Å²) in [6.45, 7) is 3.78. The van der Waals surface area contributed by atoms with Crippen molar-refractivity contribution in [1.29, 1.82) is 0 Å². The zero-order valence-corrected chi connectivity index (χ0v) is 12.4. The summed E-state index contributed by atoms with van der Waals surface area (Å²) in [6, 6.07) is 4.68. The first kappa shape index (κ1) is 15.5. The van der Waals surface area contributed by atoms with Crippen LogP contribution in [0.2, 0.25) is 10.0 Å². The van der Waals surface area contributed by atoms with E-state index in [4.69, 9.17) is 27.9 Å². The van der Waals surface area contributed by atoms with E-state index in [2.05, 4.69) is 0 Å². The summed E-state index contributed by atoms with van der Waals surface area (Å²) in [7, 11) is -1.49. The fraction of sp³-hybridized carbons (Fsp3) is 0.417. The molecule has 0 bridgehead atoms. The Hall–Kier alpha value is -0.580. The molecule has 0 heterocycles. The van der Waals surface area contributed by atoms with E-state index in [0.29, 0.717) is 21.4 Å². The van der Waals surface area contributed by atoms with Crippen molar-refractivity contribution >= 4 is 40.0 Å². The van der Waals surface area contributed by atoms with E-state index in [1.807, 2.05) is 0 Å². The molecule has 1 aromatic rings. The molecule has 1 rings (SSSR count). The molecule has 0 saturated heterocycles. The van der Waals surface area contributed by atoms with Crippen LogP contribution >= 0.6 is 23.2 Å². The number of rotatable bonds is 5. The van der Waals surface area contributed by atoms with Crippen molar-refractivity contribution in [3.63, 3.8) is 0 Å². The number of hydrogen-bond donors (Lipinski definition) is 0. The molecule has 18 heavy (non-hydrogen) atoms. The third kappa shape index (κ3) is 3.70. The van der Waals surface area contributed by atoms with Gasteiger partial charge in [-0.25, -0.2) is 0 Å². The number of ether oxygens (including phenoxy) is 1. The van der Waals surface area contributed by atoms with Gasteiger partial charge in [0.25, 0.3) is 0 Å². The summed E-state index contributed by atoms with van der Waals surface area (Å²) in [5.74, 6) is -0.454. The molecule has 0 radical (unpaired) electrons. The van der Waals surface area contributed by atoms with Crippen molar-refractivity contribution in [1.82, 2.24) is 0 Å². The summed E-state index contributed by atoms with van der Waals surface area (Å²) in [4.78, 5) is 12.1. The van der Waals surface area contributed by atoms with Crippen molar-refractivity contribution in [2.75, 3.05) is 6.61 Å². The molecule has 0 aliphatic rings. The van der Waals surface area contributed by atoms with E-state index >= 15 is 0 Å². The van der Waals surface area contributed by atoms with Crippen LogP contribution in [0.4, 0.5) is 0 Å². The molecule has 3 nitrogen and oxygen atoms in total. The lowest BCUT2D eigenvalue weighted by molar-refractivity contribution is -0.142. The van der Waals surface area contributed by atoms with Gasteiger partial charge in [0, 0.05) is 4.90 Å². The summed E-state index contributed by atoms with van der Waals surface area (Å²) in [5, 5.41) is 0.0324. The highest BCUT2D eigenvalue weighted by atomic mass is 35.5. The molecule has 0 amide bonds. The Balaban J connectivity index is 2.96. The maximum atomic E-state index is 12.3. The second-order valence-corrected chi connectivity index (χ2v) is 5.97. The molecule has 0 N–H and O–H groups in total. The van der Waals surface area contributed by atoms with Crippen molar-refractivity contribution in [3.05, 3.63) is 28.2 Å². The van der Waals surface area contributed by atoms with Crippen LogP contribution < -0.4 is 0 Å². The van der Waals surface area contributed by atoms with Crippen LogP contribution in [0.15, 0.2) is 23.1 Å². The quantitative estimate of drug-likeness (QED) is 0.783. The number of carbonyl (C=O) groups is 1. The Morgan fingerprint density at radius 1 is 1.33 bits per heavy atom. The Bertz CT molecular complexity index is 463. The van der Waals surface area contributed by atoms with Gasteiger partial charge in [0.05, 0.1) is 27.5 Å². The lowest BCUT2D eigenvalue weighted by atomic mass is 10.3. The highest BCUT2D eigenvalue weighted by Crippen LogP contribution is 2.25. The maximum Gasteiger partial charge on any atom is 0.322 e. The molecular formula is C12H14Cl2O3S. The molecule has 0 aromatic heterocycles. The van der Waals surface area contributed by atoms with Gasteiger partial charge in [0.15, 0.2) is 0 Å². The number of hydrogen-bond acceptors (Lipinski definition) is 3. The lowest BCUT2D eigenvalue weighted by Gasteiger charge is -2.13. The number of esters is 1. The number of halogens is 2. The maximum absolute atomic E-state index is 12.3. The molecule has 1 aromatic carbocycles. The van der Waals surface area contributed by atoms with E-state index in [-0.39, 0.29) is 6.61 Å².